The number of anilines is 1. The van der Waals surface area contributed by atoms with Crippen LogP contribution in [-0.2, 0) is 11.2 Å². The molecule has 0 atom stereocenters. The number of para-hydroxylation sites is 1. The predicted octanol–water partition coefficient (Wildman–Crippen LogP) is 4.11. The zero-order chi connectivity index (χ0) is 17.1. The largest absolute Gasteiger partial charge is 0.356 e. The fourth-order valence-corrected chi connectivity index (χ4v) is 2.28. The Kier molecular flexibility index (Phi) is 4.37. The molecule has 0 aliphatic carbocycles. The quantitative estimate of drug-likeness (QED) is 0.784. The standard InChI is InChI=1S/C18H14F2N2O2/c1-11-4-2-3-5-16(11)21-18(23)10-13-9-17(24-22-13)14-7-6-12(19)8-15(14)20/h2-9H,10H2,1H3,(H,21,23). The van der Waals surface area contributed by atoms with Crippen LogP contribution in [0.25, 0.3) is 11.3 Å². The molecule has 4 nitrogen and oxygen atoms in total. The lowest BCUT2D eigenvalue weighted by Gasteiger charge is -2.06. The Balaban J connectivity index is 1.72. The van der Waals surface area contributed by atoms with Crippen LogP contribution < -0.4 is 5.32 Å². The van der Waals surface area contributed by atoms with Gasteiger partial charge in [-0.3, -0.25) is 4.79 Å². The lowest BCUT2D eigenvalue weighted by molar-refractivity contribution is -0.115. The summed E-state index contributed by atoms with van der Waals surface area (Å²) in [7, 11) is 0. The molecule has 0 bridgehead atoms. The van der Waals surface area contributed by atoms with Crippen LogP contribution in [0.15, 0.2) is 53.1 Å². The number of aryl methyl sites for hydroxylation is 1. The van der Waals surface area contributed by atoms with Gasteiger partial charge < -0.3 is 9.84 Å². The van der Waals surface area contributed by atoms with Crippen molar-refractivity contribution < 1.29 is 18.1 Å². The Morgan fingerprint density at radius 2 is 1.96 bits per heavy atom. The van der Waals surface area contributed by atoms with Crippen LogP contribution in [0.4, 0.5) is 14.5 Å². The number of amides is 1. The van der Waals surface area contributed by atoms with E-state index in [4.69, 9.17) is 4.52 Å². The number of carbonyl (C=O) groups excluding carboxylic acids is 1. The normalized spacial score (nSPS) is 10.6. The third kappa shape index (κ3) is 3.48. The van der Waals surface area contributed by atoms with Crippen LogP contribution in [-0.4, -0.2) is 11.1 Å². The second kappa shape index (κ2) is 6.62. The van der Waals surface area contributed by atoms with Gasteiger partial charge in [0.2, 0.25) is 5.91 Å². The van der Waals surface area contributed by atoms with E-state index in [9.17, 15) is 13.6 Å². The van der Waals surface area contributed by atoms with Crippen molar-refractivity contribution in [1.29, 1.82) is 0 Å². The fraction of sp³-hybridized carbons (Fsp3) is 0.111. The van der Waals surface area contributed by atoms with E-state index in [1.54, 1.807) is 6.07 Å². The van der Waals surface area contributed by atoms with Crippen molar-refractivity contribution in [2.24, 2.45) is 0 Å². The van der Waals surface area contributed by atoms with E-state index < -0.39 is 11.6 Å². The lowest BCUT2D eigenvalue weighted by Crippen LogP contribution is -2.15. The first-order valence-electron chi connectivity index (χ1n) is 7.29. The minimum atomic E-state index is -0.748. The van der Waals surface area contributed by atoms with Crippen LogP contribution >= 0.6 is 0 Å². The Bertz CT molecular complexity index is 890. The number of hydrogen-bond acceptors (Lipinski definition) is 3. The first-order valence-corrected chi connectivity index (χ1v) is 7.29. The van der Waals surface area contributed by atoms with Gasteiger partial charge in [0.1, 0.15) is 11.6 Å². The number of hydrogen-bond donors (Lipinski definition) is 1. The smallest absolute Gasteiger partial charge is 0.230 e. The van der Waals surface area contributed by atoms with Crippen molar-refractivity contribution in [3.8, 4) is 11.3 Å². The molecule has 1 aromatic heterocycles. The maximum absolute atomic E-state index is 13.7. The minimum Gasteiger partial charge on any atom is -0.356 e. The average Bonchev–Trinajstić information content (AvgIpc) is 2.97. The summed E-state index contributed by atoms with van der Waals surface area (Å²) in [6.45, 7) is 1.89. The van der Waals surface area contributed by atoms with Gasteiger partial charge >= 0.3 is 0 Å². The Morgan fingerprint density at radius 1 is 1.17 bits per heavy atom. The molecule has 1 N–H and O–H groups in total. The second-order valence-corrected chi connectivity index (χ2v) is 5.35. The summed E-state index contributed by atoms with van der Waals surface area (Å²) in [6, 6.07) is 12.0. The Hall–Kier alpha value is -3.02. The highest BCUT2D eigenvalue weighted by Gasteiger charge is 2.14. The highest BCUT2D eigenvalue weighted by atomic mass is 19.1. The summed E-state index contributed by atoms with van der Waals surface area (Å²) in [6.07, 6.45) is -0.0132. The number of nitrogens with zero attached hydrogens (tertiary/aromatic N) is 1. The first kappa shape index (κ1) is 15.9. The molecular weight excluding hydrogens is 314 g/mol. The molecule has 0 unspecified atom stereocenters. The zero-order valence-electron chi connectivity index (χ0n) is 12.8. The fourth-order valence-electron chi connectivity index (χ4n) is 2.28. The maximum atomic E-state index is 13.7. The number of carbonyl (C=O) groups is 1. The second-order valence-electron chi connectivity index (χ2n) is 5.35. The van der Waals surface area contributed by atoms with Gasteiger partial charge in [-0.2, -0.15) is 0 Å². The van der Waals surface area contributed by atoms with E-state index in [0.717, 1.165) is 23.4 Å². The number of aromatic nitrogens is 1. The minimum absolute atomic E-state index is 0.0132. The van der Waals surface area contributed by atoms with Gasteiger partial charge in [-0.05, 0) is 30.7 Å². The molecule has 1 amide bonds. The van der Waals surface area contributed by atoms with Crippen molar-refractivity contribution in [1.82, 2.24) is 5.16 Å². The van der Waals surface area contributed by atoms with E-state index in [1.165, 1.54) is 12.1 Å². The van der Waals surface area contributed by atoms with E-state index in [-0.39, 0.29) is 23.7 Å². The summed E-state index contributed by atoms with van der Waals surface area (Å²) in [5.74, 6) is -1.54. The van der Waals surface area contributed by atoms with Crippen LogP contribution in [0, 0.1) is 18.6 Å². The summed E-state index contributed by atoms with van der Waals surface area (Å²) < 4.78 is 31.7. The molecule has 3 aromatic rings. The third-order valence-electron chi connectivity index (χ3n) is 3.52. The molecule has 0 aliphatic rings. The third-order valence-corrected chi connectivity index (χ3v) is 3.52. The average molecular weight is 328 g/mol. The lowest BCUT2D eigenvalue weighted by atomic mass is 10.1. The molecule has 0 fully saturated rings. The SMILES string of the molecule is Cc1ccccc1NC(=O)Cc1cc(-c2ccc(F)cc2F)on1. The monoisotopic (exact) mass is 328 g/mol. The number of nitrogens with one attached hydrogen (secondary N) is 1. The van der Waals surface area contributed by atoms with Gasteiger partial charge in [-0.1, -0.05) is 23.4 Å². The van der Waals surface area contributed by atoms with Gasteiger partial charge in [0.15, 0.2) is 5.76 Å². The van der Waals surface area contributed by atoms with E-state index >= 15 is 0 Å². The molecule has 0 aliphatic heterocycles. The Morgan fingerprint density at radius 3 is 2.71 bits per heavy atom. The van der Waals surface area contributed by atoms with Crippen LogP contribution in [0.1, 0.15) is 11.3 Å². The predicted molar refractivity (Wildman–Crippen MR) is 85.4 cm³/mol. The molecule has 0 radical (unpaired) electrons. The van der Waals surface area contributed by atoms with Crippen LogP contribution in [0.5, 0.6) is 0 Å². The van der Waals surface area contributed by atoms with Crippen LogP contribution in [0.3, 0.4) is 0 Å². The molecule has 122 valence electrons. The molecule has 0 spiro atoms. The maximum Gasteiger partial charge on any atom is 0.230 e. The van der Waals surface area contributed by atoms with Gasteiger partial charge in [0, 0.05) is 17.8 Å². The van der Waals surface area contributed by atoms with Crippen molar-refractivity contribution in [3.05, 3.63) is 71.4 Å². The van der Waals surface area contributed by atoms with Crippen molar-refractivity contribution in [2.45, 2.75) is 13.3 Å². The van der Waals surface area contributed by atoms with Crippen LogP contribution in [0.2, 0.25) is 0 Å². The van der Waals surface area contributed by atoms with Gasteiger partial charge in [-0.25, -0.2) is 8.78 Å². The van der Waals surface area contributed by atoms with Gasteiger partial charge in [0.25, 0.3) is 0 Å². The number of benzene rings is 2. The first-order chi connectivity index (χ1) is 11.5. The van der Waals surface area contributed by atoms with E-state index in [2.05, 4.69) is 10.5 Å². The molecular formula is C18H14F2N2O2. The number of halogens is 2. The van der Waals surface area contributed by atoms with Crippen molar-refractivity contribution in [3.63, 3.8) is 0 Å². The van der Waals surface area contributed by atoms with E-state index in [0.29, 0.717) is 5.69 Å². The van der Waals surface area contributed by atoms with Gasteiger partial charge in [0.05, 0.1) is 17.7 Å². The van der Waals surface area contributed by atoms with Crippen molar-refractivity contribution in [2.75, 3.05) is 5.32 Å². The molecule has 1 heterocycles. The molecule has 3 rings (SSSR count). The van der Waals surface area contributed by atoms with E-state index in [1.807, 2.05) is 25.1 Å². The molecule has 2 aromatic carbocycles. The summed E-state index contributed by atoms with van der Waals surface area (Å²) >= 11 is 0. The molecule has 0 saturated heterocycles. The molecule has 6 heteroatoms. The summed E-state index contributed by atoms with van der Waals surface area (Å²) in [5, 5.41) is 6.55. The number of rotatable bonds is 4. The highest BCUT2D eigenvalue weighted by Crippen LogP contribution is 2.24. The van der Waals surface area contributed by atoms with Gasteiger partial charge in [-0.15, -0.1) is 0 Å². The topological polar surface area (TPSA) is 55.1 Å². The summed E-state index contributed by atoms with van der Waals surface area (Å²) in [5.41, 5.74) is 2.12. The molecule has 0 saturated carbocycles. The highest BCUT2D eigenvalue weighted by molar-refractivity contribution is 5.92. The Labute approximate surface area is 137 Å². The molecule has 24 heavy (non-hydrogen) atoms. The summed E-state index contributed by atoms with van der Waals surface area (Å²) in [4.78, 5) is 12.1. The van der Waals surface area contributed by atoms with Crippen molar-refractivity contribution >= 4 is 11.6 Å². The zero-order valence-corrected chi connectivity index (χ0v) is 12.8.